The van der Waals surface area contributed by atoms with E-state index < -0.39 is 0 Å². The first-order valence-corrected chi connectivity index (χ1v) is 6.02. The molecule has 2 rings (SSSR count). The summed E-state index contributed by atoms with van der Waals surface area (Å²) in [6, 6.07) is 12.3. The van der Waals surface area contributed by atoms with Crippen LogP contribution in [0.1, 0.15) is 13.8 Å². The highest BCUT2D eigenvalue weighted by Crippen LogP contribution is 2.16. The van der Waals surface area contributed by atoms with E-state index in [2.05, 4.69) is 17.1 Å². The van der Waals surface area contributed by atoms with Crippen LogP contribution in [0.5, 0.6) is 0 Å². The number of para-hydroxylation sites is 1. The number of aromatic nitrogens is 1. The summed E-state index contributed by atoms with van der Waals surface area (Å²) < 4.78 is 0. The Morgan fingerprint density at radius 3 is 2.43 bits per heavy atom. The normalized spacial score (nSPS) is 9.36. The van der Waals surface area contributed by atoms with E-state index in [1.807, 2.05) is 44.4 Å². The minimum absolute atomic E-state index is 1.07. The molecule has 0 amide bonds. The van der Waals surface area contributed by atoms with Gasteiger partial charge in [0.15, 0.2) is 0 Å². The molecule has 0 aliphatic carbocycles. The molecule has 0 unspecified atom stereocenters. The molecule has 0 bridgehead atoms. The predicted molar refractivity (Wildman–Crippen MR) is 64.9 cm³/mol. The first kappa shape index (κ1) is 11.1. The monoisotopic (exact) mass is 205 g/mol. The molecule has 0 aliphatic heterocycles. The molecule has 0 saturated heterocycles. The highest BCUT2D eigenvalue weighted by molar-refractivity contribution is 7.98. The molecule has 1 nitrogen and oxygen atoms in total. The molecule has 1 aromatic heterocycles. The molecule has 0 N–H and O–H groups in total. The molecule has 0 radical (unpaired) electrons. The first-order valence-electron chi connectivity index (χ1n) is 4.80. The minimum Gasteiger partial charge on any atom is -0.242 e. The van der Waals surface area contributed by atoms with Crippen molar-refractivity contribution in [3.63, 3.8) is 0 Å². The zero-order chi connectivity index (χ0) is 10.4. The average Bonchev–Trinajstić information content (AvgIpc) is 2.31. The highest BCUT2D eigenvalue weighted by atomic mass is 32.2. The Balaban J connectivity index is 0.000000461. The van der Waals surface area contributed by atoms with Crippen molar-refractivity contribution in [1.82, 2.24) is 4.98 Å². The third-order valence-electron chi connectivity index (χ3n) is 1.78. The molecular weight excluding hydrogens is 190 g/mol. The van der Waals surface area contributed by atoms with Gasteiger partial charge in [0.05, 0.1) is 10.5 Å². The van der Waals surface area contributed by atoms with Crippen molar-refractivity contribution in [1.29, 1.82) is 0 Å². The summed E-state index contributed by atoms with van der Waals surface area (Å²) in [5, 5.41) is 2.28. The average molecular weight is 205 g/mol. The molecule has 2 heteroatoms. The number of hydrogen-bond acceptors (Lipinski definition) is 2. The quantitative estimate of drug-likeness (QED) is 0.653. The van der Waals surface area contributed by atoms with Crippen LogP contribution in [0, 0.1) is 0 Å². The largest absolute Gasteiger partial charge is 0.242 e. The molecule has 0 aliphatic rings. The molecule has 0 fully saturated rings. The first-order chi connectivity index (χ1) is 6.90. The van der Waals surface area contributed by atoms with Gasteiger partial charge in [-0.3, -0.25) is 0 Å². The number of hydrogen-bond donors (Lipinski definition) is 0. The Hall–Kier alpha value is -1.02. The van der Waals surface area contributed by atoms with Crippen molar-refractivity contribution in [2.75, 3.05) is 6.26 Å². The molecule has 0 saturated carbocycles. The number of thioether (sulfide) groups is 1. The van der Waals surface area contributed by atoms with Crippen LogP contribution in [0.2, 0.25) is 0 Å². The maximum Gasteiger partial charge on any atom is 0.0964 e. The van der Waals surface area contributed by atoms with Crippen molar-refractivity contribution in [3.8, 4) is 0 Å². The lowest BCUT2D eigenvalue weighted by Crippen LogP contribution is -1.80. The molecule has 1 aromatic carbocycles. The molecule has 74 valence electrons. The molecule has 1 heterocycles. The second kappa shape index (κ2) is 5.66. The summed E-state index contributed by atoms with van der Waals surface area (Å²) in [7, 11) is 0. The van der Waals surface area contributed by atoms with Gasteiger partial charge in [0.1, 0.15) is 0 Å². The van der Waals surface area contributed by atoms with Gasteiger partial charge in [0, 0.05) is 5.39 Å². The van der Waals surface area contributed by atoms with Crippen LogP contribution in [0.4, 0.5) is 0 Å². The SMILES string of the molecule is CC.CSc1ccc2ccccc2n1. The number of nitrogens with zero attached hydrogens (tertiary/aromatic N) is 1. The zero-order valence-electron chi connectivity index (χ0n) is 8.82. The van der Waals surface area contributed by atoms with Gasteiger partial charge < -0.3 is 0 Å². The Morgan fingerprint density at radius 2 is 1.71 bits per heavy atom. The number of fused-ring (bicyclic) bond motifs is 1. The van der Waals surface area contributed by atoms with E-state index in [4.69, 9.17) is 0 Å². The standard InChI is InChI=1S/C10H9NS.C2H6/c1-12-10-7-6-8-4-2-3-5-9(8)11-10;1-2/h2-7H,1H3;1-2H3. The summed E-state index contributed by atoms with van der Waals surface area (Å²) in [5.74, 6) is 0. The van der Waals surface area contributed by atoms with E-state index in [0.717, 1.165) is 10.5 Å². The topological polar surface area (TPSA) is 12.9 Å². The fourth-order valence-corrected chi connectivity index (χ4v) is 1.55. The Morgan fingerprint density at radius 1 is 1.00 bits per heavy atom. The van der Waals surface area contributed by atoms with Gasteiger partial charge in [-0.05, 0) is 18.4 Å². The van der Waals surface area contributed by atoms with Gasteiger partial charge in [-0.15, -0.1) is 11.8 Å². The van der Waals surface area contributed by atoms with E-state index >= 15 is 0 Å². The Bertz CT molecular complexity index is 398. The summed E-state index contributed by atoms with van der Waals surface area (Å²) >= 11 is 1.67. The molecule has 0 spiro atoms. The molecule has 0 atom stereocenters. The Labute approximate surface area is 89.6 Å². The van der Waals surface area contributed by atoms with E-state index in [1.54, 1.807) is 11.8 Å². The maximum absolute atomic E-state index is 4.46. The fraction of sp³-hybridized carbons (Fsp3) is 0.250. The van der Waals surface area contributed by atoms with Crippen LogP contribution in [0.15, 0.2) is 41.4 Å². The zero-order valence-corrected chi connectivity index (χ0v) is 9.64. The second-order valence-electron chi connectivity index (χ2n) is 2.55. The molecular formula is C12H15NS. The van der Waals surface area contributed by atoms with Crippen LogP contribution in [0.25, 0.3) is 10.9 Å². The molecule has 14 heavy (non-hydrogen) atoms. The van der Waals surface area contributed by atoms with Crippen molar-refractivity contribution < 1.29 is 0 Å². The minimum atomic E-state index is 1.07. The lowest BCUT2D eigenvalue weighted by molar-refractivity contribution is 1.19. The van der Waals surface area contributed by atoms with E-state index in [9.17, 15) is 0 Å². The van der Waals surface area contributed by atoms with Gasteiger partial charge in [-0.2, -0.15) is 0 Å². The van der Waals surface area contributed by atoms with Crippen molar-refractivity contribution in [2.24, 2.45) is 0 Å². The number of benzene rings is 1. The van der Waals surface area contributed by atoms with Gasteiger partial charge in [0.2, 0.25) is 0 Å². The van der Waals surface area contributed by atoms with Crippen molar-refractivity contribution in [2.45, 2.75) is 18.9 Å². The van der Waals surface area contributed by atoms with E-state index in [-0.39, 0.29) is 0 Å². The smallest absolute Gasteiger partial charge is 0.0964 e. The van der Waals surface area contributed by atoms with Crippen LogP contribution in [-0.4, -0.2) is 11.2 Å². The Kier molecular flexibility index (Phi) is 4.47. The lowest BCUT2D eigenvalue weighted by Gasteiger charge is -1.98. The molecule has 2 aromatic rings. The van der Waals surface area contributed by atoms with Crippen LogP contribution in [0.3, 0.4) is 0 Å². The second-order valence-corrected chi connectivity index (χ2v) is 3.37. The number of pyridine rings is 1. The van der Waals surface area contributed by atoms with Gasteiger partial charge in [-0.25, -0.2) is 4.98 Å². The fourth-order valence-electron chi connectivity index (χ4n) is 1.16. The summed E-state index contributed by atoms with van der Waals surface area (Å²) in [6.45, 7) is 4.00. The lowest BCUT2D eigenvalue weighted by atomic mass is 10.2. The van der Waals surface area contributed by atoms with Gasteiger partial charge in [0.25, 0.3) is 0 Å². The number of rotatable bonds is 1. The van der Waals surface area contributed by atoms with Crippen LogP contribution < -0.4 is 0 Å². The van der Waals surface area contributed by atoms with E-state index in [0.29, 0.717) is 0 Å². The third-order valence-corrected chi connectivity index (χ3v) is 2.43. The summed E-state index contributed by atoms with van der Waals surface area (Å²) in [4.78, 5) is 4.46. The van der Waals surface area contributed by atoms with Gasteiger partial charge >= 0.3 is 0 Å². The van der Waals surface area contributed by atoms with Crippen molar-refractivity contribution >= 4 is 22.7 Å². The van der Waals surface area contributed by atoms with Crippen LogP contribution in [-0.2, 0) is 0 Å². The van der Waals surface area contributed by atoms with Crippen molar-refractivity contribution in [3.05, 3.63) is 36.4 Å². The summed E-state index contributed by atoms with van der Waals surface area (Å²) in [6.07, 6.45) is 2.04. The third kappa shape index (κ3) is 2.48. The van der Waals surface area contributed by atoms with Crippen LogP contribution >= 0.6 is 11.8 Å². The highest BCUT2D eigenvalue weighted by Gasteiger charge is 1.94. The van der Waals surface area contributed by atoms with E-state index in [1.165, 1.54) is 5.39 Å². The van der Waals surface area contributed by atoms with Gasteiger partial charge in [-0.1, -0.05) is 38.1 Å². The summed E-state index contributed by atoms with van der Waals surface area (Å²) in [5.41, 5.74) is 1.07. The predicted octanol–water partition coefficient (Wildman–Crippen LogP) is 3.98. The maximum atomic E-state index is 4.46.